The molecule has 0 spiro atoms. The summed E-state index contributed by atoms with van der Waals surface area (Å²) in [5.74, 6) is 1.40. The first kappa shape index (κ1) is 14.3. The molecule has 1 aliphatic rings. The van der Waals surface area contributed by atoms with Gasteiger partial charge in [0.15, 0.2) is 0 Å². The van der Waals surface area contributed by atoms with Gasteiger partial charge >= 0.3 is 0 Å². The lowest BCUT2D eigenvalue weighted by molar-refractivity contribution is 0.0282. The number of nitrogens with two attached hydrogens (primary N) is 1. The second kappa shape index (κ2) is 6.87. The van der Waals surface area contributed by atoms with E-state index in [-0.39, 0.29) is 12.1 Å². The molecular weight excluding hydrogens is 240 g/mol. The van der Waals surface area contributed by atoms with E-state index in [2.05, 4.69) is 11.9 Å². The van der Waals surface area contributed by atoms with Crippen LogP contribution in [0.1, 0.15) is 44.7 Å². The van der Waals surface area contributed by atoms with E-state index in [0.29, 0.717) is 19.1 Å². The second-order valence-electron chi connectivity index (χ2n) is 5.09. The zero-order chi connectivity index (χ0) is 13.7. The molecule has 0 saturated heterocycles. The van der Waals surface area contributed by atoms with Crippen LogP contribution in [0.15, 0.2) is 18.5 Å². The van der Waals surface area contributed by atoms with E-state index in [0.717, 1.165) is 17.7 Å². The Balaban J connectivity index is 2.05. The SMILES string of the molecule is CCCOc1cncc(C(N)C(OCC)C2CC2)c1. The lowest BCUT2D eigenvalue weighted by atomic mass is 10.0. The predicted molar refractivity (Wildman–Crippen MR) is 75.1 cm³/mol. The molecule has 0 aromatic carbocycles. The van der Waals surface area contributed by atoms with Crippen molar-refractivity contribution >= 4 is 0 Å². The minimum Gasteiger partial charge on any atom is -0.492 e. The first-order valence-electron chi connectivity index (χ1n) is 7.21. The fourth-order valence-electron chi connectivity index (χ4n) is 2.26. The van der Waals surface area contributed by atoms with Crippen molar-refractivity contribution in [3.8, 4) is 5.75 Å². The van der Waals surface area contributed by atoms with Gasteiger partial charge in [-0.3, -0.25) is 4.98 Å². The van der Waals surface area contributed by atoms with Crippen molar-refractivity contribution in [2.24, 2.45) is 11.7 Å². The predicted octanol–water partition coefficient (Wildman–Crippen LogP) is 2.69. The molecule has 0 bridgehead atoms. The molecule has 19 heavy (non-hydrogen) atoms. The van der Waals surface area contributed by atoms with Crippen LogP contribution >= 0.6 is 0 Å². The smallest absolute Gasteiger partial charge is 0.137 e. The van der Waals surface area contributed by atoms with Gasteiger partial charge in [-0.2, -0.15) is 0 Å². The monoisotopic (exact) mass is 264 g/mol. The third-order valence-corrected chi connectivity index (χ3v) is 3.39. The summed E-state index contributed by atoms with van der Waals surface area (Å²) in [5, 5.41) is 0. The van der Waals surface area contributed by atoms with Crippen LogP contribution < -0.4 is 10.5 Å². The fourth-order valence-corrected chi connectivity index (χ4v) is 2.26. The molecule has 1 aromatic rings. The number of pyridine rings is 1. The molecule has 1 heterocycles. The molecule has 2 unspecified atom stereocenters. The highest BCUT2D eigenvalue weighted by Crippen LogP contribution is 2.39. The number of aromatic nitrogens is 1. The molecule has 2 atom stereocenters. The molecule has 0 radical (unpaired) electrons. The number of hydrogen-bond donors (Lipinski definition) is 1. The Bertz CT molecular complexity index is 393. The molecule has 1 saturated carbocycles. The van der Waals surface area contributed by atoms with E-state index in [1.807, 2.05) is 19.2 Å². The third kappa shape index (κ3) is 3.91. The van der Waals surface area contributed by atoms with Crippen molar-refractivity contribution in [2.45, 2.75) is 45.3 Å². The largest absolute Gasteiger partial charge is 0.492 e. The van der Waals surface area contributed by atoms with Gasteiger partial charge in [0.05, 0.1) is 24.9 Å². The van der Waals surface area contributed by atoms with Crippen molar-refractivity contribution in [2.75, 3.05) is 13.2 Å². The second-order valence-corrected chi connectivity index (χ2v) is 5.09. The zero-order valence-corrected chi connectivity index (χ0v) is 11.8. The molecular formula is C15H24N2O2. The molecule has 0 amide bonds. The quantitative estimate of drug-likeness (QED) is 0.784. The standard InChI is InChI=1S/C15H24N2O2/c1-3-7-19-13-8-12(9-17-10-13)14(16)15(18-4-2)11-5-6-11/h8-11,14-15H,3-7,16H2,1-2H3. The number of hydrogen-bond acceptors (Lipinski definition) is 4. The summed E-state index contributed by atoms with van der Waals surface area (Å²) in [7, 11) is 0. The summed E-state index contributed by atoms with van der Waals surface area (Å²) in [4.78, 5) is 4.22. The summed E-state index contributed by atoms with van der Waals surface area (Å²) in [6.07, 6.45) is 7.08. The molecule has 1 aromatic heterocycles. The Morgan fingerprint density at radius 1 is 1.37 bits per heavy atom. The van der Waals surface area contributed by atoms with E-state index in [9.17, 15) is 0 Å². The van der Waals surface area contributed by atoms with Crippen LogP contribution in [0.3, 0.4) is 0 Å². The van der Waals surface area contributed by atoms with Crippen LogP contribution in [0.5, 0.6) is 5.75 Å². The Labute approximate surface area is 115 Å². The summed E-state index contributed by atoms with van der Waals surface area (Å²) in [6, 6.07) is 1.87. The molecule has 106 valence electrons. The van der Waals surface area contributed by atoms with Gasteiger partial charge in [0, 0.05) is 12.8 Å². The molecule has 1 aliphatic carbocycles. The van der Waals surface area contributed by atoms with Crippen molar-refractivity contribution in [3.05, 3.63) is 24.0 Å². The summed E-state index contributed by atoms with van der Waals surface area (Å²) >= 11 is 0. The topological polar surface area (TPSA) is 57.4 Å². The van der Waals surface area contributed by atoms with E-state index in [1.165, 1.54) is 12.8 Å². The molecule has 4 heteroatoms. The van der Waals surface area contributed by atoms with Gasteiger partial charge < -0.3 is 15.2 Å². The van der Waals surface area contributed by atoms with Gasteiger partial charge in [-0.15, -0.1) is 0 Å². The van der Waals surface area contributed by atoms with E-state index in [4.69, 9.17) is 15.2 Å². The van der Waals surface area contributed by atoms with Crippen LogP contribution in [0.4, 0.5) is 0 Å². The zero-order valence-electron chi connectivity index (χ0n) is 11.8. The molecule has 0 aliphatic heterocycles. The van der Waals surface area contributed by atoms with Crippen molar-refractivity contribution in [1.82, 2.24) is 4.98 Å². The minimum absolute atomic E-state index is 0.105. The Hall–Kier alpha value is -1.13. The molecule has 2 N–H and O–H groups in total. The van der Waals surface area contributed by atoms with Crippen molar-refractivity contribution in [1.29, 1.82) is 0 Å². The number of rotatable bonds is 8. The maximum Gasteiger partial charge on any atom is 0.137 e. The van der Waals surface area contributed by atoms with Crippen LogP contribution in [0.25, 0.3) is 0 Å². The first-order valence-corrected chi connectivity index (χ1v) is 7.21. The Kier molecular flexibility index (Phi) is 5.16. The highest BCUT2D eigenvalue weighted by atomic mass is 16.5. The average Bonchev–Trinajstić information content (AvgIpc) is 3.26. The maximum absolute atomic E-state index is 6.34. The van der Waals surface area contributed by atoms with E-state index < -0.39 is 0 Å². The van der Waals surface area contributed by atoms with Crippen molar-refractivity contribution < 1.29 is 9.47 Å². The highest BCUT2D eigenvalue weighted by Gasteiger charge is 2.36. The Morgan fingerprint density at radius 2 is 2.16 bits per heavy atom. The molecule has 4 nitrogen and oxygen atoms in total. The van der Waals surface area contributed by atoms with Crippen LogP contribution in [-0.4, -0.2) is 24.3 Å². The first-order chi connectivity index (χ1) is 9.26. The van der Waals surface area contributed by atoms with E-state index in [1.54, 1.807) is 6.20 Å². The number of nitrogens with zero attached hydrogens (tertiary/aromatic N) is 1. The summed E-state index contributed by atoms with van der Waals surface area (Å²) in [6.45, 7) is 5.51. The minimum atomic E-state index is -0.120. The molecule has 1 fully saturated rings. The Morgan fingerprint density at radius 3 is 2.79 bits per heavy atom. The van der Waals surface area contributed by atoms with Crippen molar-refractivity contribution in [3.63, 3.8) is 0 Å². The van der Waals surface area contributed by atoms with Gasteiger partial charge in [0.25, 0.3) is 0 Å². The summed E-state index contributed by atoms with van der Waals surface area (Å²) < 4.78 is 11.4. The van der Waals surface area contributed by atoms with Gasteiger partial charge in [0.2, 0.25) is 0 Å². The van der Waals surface area contributed by atoms with Crippen LogP contribution in [-0.2, 0) is 4.74 Å². The molecule has 2 rings (SSSR count). The lowest BCUT2D eigenvalue weighted by Gasteiger charge is -2.24. The van der Waals surface area contributed by atoms with Gasteiger partial charge in [-0.25, -0.2) is 0 Å². The highest BCUT2D eigenvalue weighted by molar-refractivity contribution is 5.27. The number of ether oxygens (including phenoxy) is 2. The van der Waals surface area contributed by atoms with Crippen LogP contribution in [0.2, 0.25) is 0 Å². The maximum atomic E-state index is 6.34. The summed E-state index contributed by atoms with van der Waals surface area (Å²) in [5.41, 5.74) is 7.34. The van der Waals surface area contributed by atoms with E-state index >= 15 is 0 Å². The van der Waals surface area contributed by atoms with Crippen LogP contribution in [0, 0.1) is 5.92 Å². The van der Waals surface area contributed by atoms with Gasteiger partial charge in [-0.1, -0.05) is 6.92 Å². The fraction of sp³-hybridized carbons (Fsp3) is 0.667. The third-order valence-electron chi connectivity index (χ3n) is 3.39. The lowest BCUT2D eigenvalue weighted by Crippen LogP contribution is -2.31. The van der Waals surface area contributed by atoms with Gasteiger partial charge in [-0.05, 0) is 43.7 Å². The average molecular weight is 264 g/mol. The van der Waals surface area contributed by atoms with Gasteiger partial charge in [0.1, 0.15) is 5.75 Å². The normalized spacial score (nSPS) is 18.1.